The molecule has 0 spiro atoms. The van der Waals surface area contributed by atoms with Crippen molar-refractivity contribution in [2.45, 2.75) is 56.5 Å². The molecule has 0 bridgehead atoms. The Labute approximate surface area is 187 Å². The molecule has 162 valence electrons. The van der Waals surface area contributed by atoms with Crippen LogP contribution in [0.4, 0.5) is 0 Å². The lowest BCUT2D eigenvalue weighted by molar-refractivity contribution is -0.100. The number of aromatic nitrogens is 1. The van der Waals surface area contributed by atoms with Crippen molar-refractivity contribution in [1.82, 2.24) is 4.57 Å². The minimum absolute atomic E-state index is 0.302. The molecule has 1 saturated carbocycles. The molecule has 3 aromatic rings. The van der Waals surface area contributed by atoms with Crippen LogP contribution < -0.4 is 0 Å². The molecule has 2 fully saturated rings. The molecule has 0 radical (unpaired) electrons. The third kappa shape index (κ3) is 4.36. The highest BCUT2D eigenvalue weighted by molar-refractivity contribution is 6.35. The number of ether oxygens (including phenoxy) is 1. The second-order valence-electron chi connectivity index (χ2n) is 8.58. The molecule has 2 aliphatic rings. The van der Waals surface area contributed by atoms with Crippen molar-refractivity contribution in [2.75, 3.05) is 7.11 Å². The van der Waals surface area contributed by atoms with Crippen molar-refractivity contribution in [1.29, 1.82) is 0 Å². The Kier molecular flexibility index (Phi) is 5.74. The normalized spacial score (nSPS) is 24.2. The first kappa shape index (κ1) is 20.6. The lowest BCUT2D eigenvalue weighted by atomic mass is 10.0. The van der Waals surface area contributed by atoms with E-state index < -0.39 is 6.10 Å². The fourth-order valence-corrected chi connectivity index (χ4v) is 4.87. The number of rotatable bonds is 6. The van der Waals surface area contributed by atoms with Crippen molar-refractivity contribution in [3.63, 3.8) is 0 Å². The number of oxime groups is 1. The number of aliphatic hydroxyl groups is 1. The van der Waals surface area contributed by atoms with Gasteiger partial charge >= 0.3 is 0 Å². The second-order valence-corrected chi connectivity index (χ2v) is 8.99. The third-order valence-corrected chi connectivity index (χ3v) is 6.58. The zero-order valence-electron chi connectivity index (χ0n) is 17.6. The summed E-state index contributed by atoms with van der Waals surface area (Å²) in [6, 6.07) is 14.9. The van der Waals surface area contributed by atoms with Crippen LogP contribution in [0.2, 0.25) is 5.02 Å². The Balaban J connectivity index is 1.47. The number of fused-ring (bicyclic) bond motifs is 1. The molecule has 0 unspecified atom stereocenters. The minimum atomic E-state index is -0.470. The minimum Gasteiger partial charge on any atom is -0.399 e. The lowest BCUT2D eigenvalue weighted by Crippen LogP contribution is -2.34. The van der Waals surface area contributed by atoms with Crippen molar-refractivity contribution >= 4 is 28.7 Å². The summed E-state index contributed by atoms with van der Waals surface area (Å²) in [6.45, 7) is 0. The van der Waals surface area contributed by atoms with Gasteiger partial charge in [0.15, 0.2) is 0 Å². The Morgan fingerprint density at radius 2 is 2.00 bits per heavy atom. The van der Waals surface area contributed by atoms with Gasteiger partial charge in [0.2, 0.25) is 0 Å². The summed E-state index contributed by atoms with van der Waals surface area (Å²) in [5, 5.41) is 16.0. The number of hydrogen-bond acceptors (Lipinski definition) is 4. The number of nitrogens with zero attached hydrogens (tertiary/aromatic N) is 2. The Morgan fingerprint density at radius 3 is 2.74 bits per heavy atom. The second kappa shape index (κ2) is 8.65. The van der Waals surface area contributed by atoms with Crippen LogP contribution in [0.3, 0.4) is 0 Å². The lowest BCUT2D eigenvalue weighted by Gasteiger charge is -2.32. The maximum absolute atomic E-state index is 10.4. The van der Waals surface area contributed by atoms with Crippen LogP contribution in [0.15, 0.2) is 53.8 Å². The fourth-order valence-electron chi connectivity index (χ4n) is 4.58. The van der Waals surface area contributed by atoms with Crippen LogP contribution in [0.25, 0.3) is 10.9 Å². The molecule has 2 heterocycles. The number of halogens is 1. The van der Waals surface area contributed by atoms with Gasteiger partial charge in [-0.05, 0) is 54.0 Å². The van der Waals surface area contributed by atoms with E-state index >= 15 is 0 Å². The molecule has 5 nitrogen and oxygen atoms in total. The first-order valence-electron chi connectivity index (χ1n) is 10.9. The van der Waals surface area contributed by atoms with Crippen molar-refractivity contribution < 1.29 is 14.7 Å². The monoisotopic (exact) mass is 438 g/mol. The molecule has 2 aromatic carbocycles. The standard InChI is InChI=1S/C25H27ClN2O3/c1-30-27-14-21-12-20(29)13-24(31-21)28-15-19(25-22(26)3-2-4-23(25)28)11-16-5-7-17(8-6-16)18-9-10-18/h2-8,14-15,18,20-21,24,29H,9-13H2,1H3/b27-14+/t20-,21-,24+/m0/s1. The summed E-state index contributed by atoms with van der Waals surface area (Å²) >= 11 is 6.64. The highest BCUT2D eigenvalue weighted by Crippen LogP contribution is 2.40. The van der Waals surface area contributed by atoms with Crippen LogP contribution in [0.1, 0.15) is 54.5 Å². The number of aliphatic hydroxyl groups excluding tert-OH is 1. The first-order valence-corrected chi connectivity index (χ1v) is 11.3. The Hall–Kier alpha value is -2.34. The molecule has 6 heteroatoms. The van der Waals surface area contributed by atoms with E-state index in [1.165, 1.54) is 31.1 Å². The summed E-state index contributed by atoms with van der Waals surface area (Å²) in [5.41, 5.74) is 4.87. The molecule has 1 saturated heterocycles. The Bertz CT molecular complexity index is 1090. The molecule has 1 aliphatic carbocycles. The van der Waals surface area contributed by atoms with E-state index in [4.69, 9.17) is 21.2 Å². The van der Waals surface area contributed by atoms with Gasteiger partial charge in [0.1, 0.15) is 19.4 Å². The van der Waals surface area contributed by atoms with E-state index in [2.05, 4.69) is 46.3 Å². The van der Waals surface area contributed by atoms with Gasteiger partial charge in [-0.15, -0.1) is 0 Å². The molecule has 5 rings (SSSR count). The van der Waals surface area contributed by atoms with Gasteiger partial charge in [0.05, 0.1) is 22.9 Å². The first-order chi connectivity index (χ1) is 15.1. The summed E-state index contributed by atoms with van der Waals surface area (Å²) in [4.78, 5) is 4.79. The maximum atomic E-state index is 10.4. The molecular weight excluding hydrogens is 412 g/mol. The van der Waals surface area contributed by atoms with Crippen molar-refractivity contribution in [3.05, 3.63) is 70.4 Å². The van der Waals surface area contributed by atoms with Gasteiger partial charge in [0.25, 0.3) is 0 Å². The zero-order chi connectivity index (χ0) is 21.4. The van der Waals surface area contributed by atoms with E-state index in [1.807, 2.05) is 12.1 Å². The predicted octanol–water partition coefficient (Wildman–Crippen LogP) is 5.43. The molecule has 0 amide bonds. The fraction of sp³-hybridized carbons (Fsp3) is 0.400. The maximum Gasteiger partial charge on any atom is 0.137 e. The smallest absolute Gasteiger partial charge is 0.137 e. The molecule has 1 N–H and O–H groups in total. The summed E-state index contributed by atoms with van der Waals surface area (Å²) < 4.78 is 8.34. The third-order valence-electron chi connectivity index (χ3n) is 6.26. The highest BCUT2D eigenvalue weighted by atomic mass is 35.5. The van der Waals surface area contributed by atoms with E-state index in [0.29, 0.717) is 12.8 Å². The average molecular weight is 439 g/mol. The van der Waals surface area contributed by atoms with E-state index in [9.17, 15) is 5.11 Å². The van der Waals surface area contributed by atoms with Crippen LogP contribution in [0.5, 0.6) is 0 Å². The van der Waals surface area contributed by atoms with Crippen molar-refractivity contribution in [2.24, 2.45) is 5.16 Å². The molecule has 31 heavy (non-hydrogen) atoms. The number of benzene rings is 2. The van der Waals surface area contributed by atoms with E-state index in [1.54, 1.807) is 6.21 Å². The van der Waals surface area contributed by atoms with Crippen LogP contribution >= 0.6 is 11.6 Å². The van der Waals surface area contributed by atoms with E-state index in [-0.39, 0.29) is 12.3 Å². The molecular formula is C25H27ClN2O3. The number of hydrogen-bond donors (Lipinski definition) is 1. The molecule has 1 aliphatic heterocycles. The highest BCUT2D eigenvalue weighted by Gasteiger charge is 2.30. The zero-order valence-corrected chi connectivity index (χ0v) is 18.3. The Morgan fingerprint density at radius 1 is 1.19 bits per heavy atom. The van der Waals surface area contributed by atoms with Crippen LogP contribution in [-0.4, -0.2) is 35.2 Å². The van der Waals surface area contributed by atoms with E-state index in [0.717, 1.165) is 33.8 Å². The van der Waals surface area contributed by atoms with Crippen LogP contribution in [0, 0.1) is 0 Å². The van der Waals surface area contributed by atoms with Crippen molar-refractivity contribution in [3.8, 4) is 0 Å². The van der Waals surface area contributed by atoms with Gasteiger partial charge in [-0.3, -0.25) is 0 Å². The van der Waals surface area contributed by atoms with Gasteiger partial charge in [-0.2, -0.15) is 0 Å². The SMILES string of the molecule is CO/N=C/[C@@H]1C[C@H](O)C[C@H](n2cc(Cc3ccc(C4CC4)cc3)c3c(Cl)cccc32)O1. The van der Waals surface area contributed by atoms with Gasteiger partial charge < -0.3 is 19.2 Å². The summed E-state index contributed by atoms with van der Waals surface area (Å²) in [5.74, 6) is 0.759. The largest absolute Gasteiger partial charge is 0.399 e. The topological polar surface area (TPSA) is 56.0 Å². The summed E-state index contributed by atoms with van der Waals surface area (Å²) in [6.07, 6.45) is 7.09. The molecule has 3 atom stereocenters. The van der Waals surface area contributed by atoms with Gasteiger partial charge in [0, 0.05) is 24.4 Å². The van der Waals surface area contributed by atoms with Crippen LogP contribution in [-0.2, 0) is 16.0 Å². The van der Waals surface area contributed by atoms with Gasteiger partial charge in [-0.1, -0.05) is 47.1 Å². The average Bonchev–Trinajstić information content (AvgIpc) is 3.55. The quantitative estimate of drug-likeness (QED) is 0.412. The van der Waals surface area contributed by atoms with Gasteiger partial charge in [-0.25, -0.2) is 0 Å². The molecule has 1 aromatic heterocycles. The summed E-state index contributed by atoms with van der Waals surface area (Å²) in [7, 11) is 1.50. The predicted molar refractivity (Wildman–Crippen MR) is 123 cm³/mol.